The molecule has 12 heteroatoms. The van der Waals surface area contributed by atoms with E-state index in [1.54, 1.807) is 34.5 Å². The molecular formula is C29H19Cl4N7S. The summed E-state index contributed by atoms with van der Waals surface area (Å²) in [4.78, 5) is 9.29. The Morgan fingerprint density at radius 1 is 0.829 bits per heavy atom. The summed E-state index contributed by atoms with van der Waals surface area (Å²) in [6.45, 7) is 0.382. The van der Waals surface area contributed by atoms with Crippen molar-refractivity contribution in [1.82, 2.24) is 34.5 Å². The molecule has 0 amide bonds. The monoisotopic (exact) mass is 637 g/mol. The van der Waals surface area contributed by atoms with Gasteiger partial charge in [-0.1, -0.05) is 69.9 Å². The van der Waals surface area contributed by atoms with E-state index in [2.05, 4.69) is 37.0 Å². The van der Waals surface area contributed by atoms with E-state index >= 15 is 0 Å². The molecule has 0 N–H and O–H groups in total. The highest BCUT2D eigenvalue weighted by molar-refractivity contribution is 7.14. The van der Waals surface area contributed by atoms with Gasteiger partial charge in [0.2, 0.25) is 0 Å². The lowest BCUT2D eigenvalue weighted by atomic mass is 9.97. The minimum atomic E-state index is -0.159. The first-order valence-electron chi connectivity index (χ1n) is 12.7. The fourth-order valence-corrected chi connectivity index (χ4v) is 6.86. The van der Waals surface area contributed by atoms with Gasteiger partial charge in [0.25, 0.3) is 0 Å². The molecule has 0 aliphatic heterocycles. The van der Waals surface area contributed by atoms with Gasteiger partial charge < -0.3 is 0 Å². The van der Waals surface area contributed by atoms with Crippen LogP contribution >= 0.6 is 57.7 Å². The minimum Gasteiger partial charge on any atom is -0.294 e. The van der Waals surface area contributed by atoms with Gasteiger partial charge in [-0.25, -0.2) is 14.6 Å². The summed E-state index contributed by atoms with van der Waals surface area (Å²) in [5.41, 5.74) is 4.14. The van der Waals surface area contributed by atoms with Crippen molar-refractivity contribution in [2.75, 3.05) is 0 Å². The van der Waals surface area contributed by atoms with Crippen LogP contribution in [-0.4, -0.2) is 34.5 Å². The first-order valence-corrected chi connectivity index (χ1v) is 15.0. The van der Waals surface area contributed by atoms with Crippen LogP contribution in [-0.2, 0) is 12.0 Å². The first-order chi connectivity index (χ1) is 19.9. The molecule has 3 aromatic carbocycles. The van der Waals surface area contributed by atoms with Crippen molar-refractivity contribution in [2.24, 2.45) is 0 Å². The molecule has 1 fully saturated rings. The smallest absolute Gasteiger partial charge is 0.168 e. The zero-order chi connectivity index (χ0) is 28.1. The number of imidazole rings is 1. The highest BCUT2D eigenvalue weighted by atomic mass is 35.5. The molecule has 0 radical (unpaired) electrons. The maximum atomic E-state index is 6.73. The van der Waals surface area contributed by atoms with Crippen LogP contribution in [0.2, 0.25) is 20.1 Å². The molecule has 7 rings (SSSR count). The Hall–Kier alpha value is -3.27. The second-order valence-electron chi connectivity index (χ2n) is 9.76. The molecule has 3 heterocycles. The van der Waals surface area contributed by atoms with Crippen LogP contribution in [0.5, 0.6) is 0 Å². The van der Waals surface area contributed by atoms with Gasteiger partial charge in [0.05, 0.1) is 17.3 Å². The van der Waals surface area contributed by atoms with E-state index in [1.165, 1.54) is 11.9 Å². The molecular weight excluding hydrogens is 620 g/mol. The van der Waals surface area contributed by atoms with Crippen LogP contribution in [0.1, 0.15) is 29.1 Å². The fourth-order valence-electron chi connectivity index (χ4n) is 4.99. The molecule has 0 unspecified atom stereocenters. The average molecular weight is 639 g/mol. The SMILES string of the molecule is Clc1ccc(-n2c(-c3ccc(Cl)cc3Cl)nc(-c3nnc(C4(c5ccc(Cl)cc5)CC4)s3)c2Cn2cncn2)cc1. The Morgan fingerprint density at radius 2 is 1.54 bits per heavy atom. The van der Waals surface area contributed by atoms with Crippen molar-refractivity contribution < 1.29 is 0 Å². The average Bonchev–Trinajstić information content (AvgIpc) is 3.29. The van der Waals surface area contributed by atoms with Gasteiger partial charge in [0.1, 0.15) is 29.2 Å². The molecule has 204 valence electrons. The number of aromatic nitrogens is 7. The van der Waals surface area contributed by atoms with Crippen LogP contribution in [0.15, 0.2) is 79.4 Å². The van der Waals surface area contributed by atoms with Gasteiger partial charge in [-0.2, -0.15) is 5.10 Å². The summed E-state index contributed by atoms with van der Waals surface area (Å²) in [6.07, 6.45) is 5.18. The van der Waals surface area contributed by atoms with E-state index in [0.717, 1.165) is 34.8 Å². The molecule has 0 spiro atoms. The lowest BCUT2D eigenvalue weighted by Crippen LogP contribution is -2.09. The number of hydrogen-bond donors (Lipinski definition) is 0. The summed E-state index contributed by atoms with van der Waals surface area (Å²) in [5, 5.41) is 17.7. The van der Waals surface area contributed by atoms with Crippen LogP contribution in [0, 0.1) is 0 Å². The van der Waals surface area contributed by atoms with Gasteiger partial charge >= 0.3 is 0 Å². The standard InChI is InChI=1S/C29H19Cl4N7S/c30-18-3-1-17(2-4-18)29(11-12-29)28-38-37-27(41-28)25-24(14-39-16-34-15-35-39)40(21-8-5-19(31)6-9-21)26(36-25)22-10-7-20(32)13-23(22)33/h1-10,13,15-16H,11-12,14H2. The molecule has 7 nitrogen and oxygen atoms in total. The second kappa shape index (κ2) is 10.5. The molecule has 0 saturated heterocycles. The van der Waals surface area contributed by atoms with Crippen LogP contribution in [0.4, 0.5) is 0 Å². The van der Waals surface area contributed by atoms with Crippen molar-refractivity contribution in [3.05, 3.63) is 116 Å². The highest BCUT2D eigenvalue weighted by Gasteiger charge is 2.49. The van der Waals surface area contributed by atoms with Crippen LogP contribution in [0.3, 0.4) is 0 Å². The minimum absolute atomic E-state index is 0.159. The molecule has 1 saturated carbocycles. The zero-order valence-corrected chi connectivity index (χ0v) is 25.0. The summed E-state index contributed by atoms with van der Waals surface area (Å²) in [5.74, 6) is 0.634. The molecule has 6 aromatic rings. The second-order valence-corrected chi connectivity index (χ2v) is 12.5. The summed E-state index contributed by atoms with van der Waals surface area (Å²) >= 11 is 26.9. The summed E-state index contributed by atoms with van der Waals surface area (Å²) in [6, 6.07) is 20.9. The van der Waals surface area contributed by atoms with Gasteiger partial charge in [-0.15, -0.1) is 10.2 Å². The van der Waals surface area contributed by atoms with Gasteiger partial charge in [0, 0.05) is 31.7 Å². The van der Waals surface area contributed by atoms with Crippen molar-refractivity contribution in [3.63, 3.8) is 0 Å². The Labute approximate surface area is 259 Å². The molecule has 41 heavy (non-hydrogen) atoms. The maximum Gasteiger partial charge on any atom is 0.168 e. The molecule has 0 atom stereocenters. The Kier molecular flexibility index (Phi) is 6.84. The largest absolute Gasteiger partial charge is 0.294 e. The van der Waals surface area contributed by atoms with E-state index in [0.29, 0.717) is 43.2 Å². The highest BCUT2D eigenvalue weighted by Crippen LogP contribution is 2.55. The number of halogens is 4. The van der Waals surface area contributed by atoms with Crippen molar-refractivity contribution >= 4 is 57.7 Å². The van der Waals surface area contributed by atoms with Gasteiger partial charge in [-0.3, -0.25) is 4.57 Å². The third kappa shape index (κ3) is 4.94. The molecule has 1 aliphatic rings. The molecule has 3 aromatic heterocycles. The topological polar surface area (TPSA) is 74.3 Å². The first kappa shape index (κ1) is 26.6. The fraction of sp³-hybridized carbons (Fsp3) is 0.138. The Morgan fingerprint density at radius 3 is 2.20 bits per heavy atom. The quantitative estimate of drug-likeness (QED) is 0.176. The molecule has 0 bridgehead atoms. The van der Waals surface area contributed by atoms with E-state index in [-0.39, 0.29) is 5.41 Å². The van der Waals surface area contributed by atoms with Crippen molar-refractivity contribution in [1.29, 1.82) is 0 Å². The number of hydrogen-bond acceptors (Lipinski definition) is 6. The summed E-state index contributed by atoms with van der Waals surface area (Å²) in [7, 11) is 0. The number of benzene rings is 3. The Balaban J connectivity index is 1.43. The van der Waals surface area contributed by atoms with Crippen molar-refractivity contribution in [3.8, 4) is 27.8 Å². The summed E-state index contributed by atoms with van der Waals surface area (Å²) < 4.78 is 3.80. The van der Waals surface area contributed by atoms with E-state index in [9.17, 15) is 0 Å². The van der Waals surface area contributed by atoms with E-state index in [4.69, 9.17) is 51.4 Å². The van der Waals surface area contributed by atoms with E-state index in [1.807, 2.05) is 42.5 Å². The number of nitrogens with zero attached hydrogens (tertiary/aromatic N) is 7. The maximum absolute atomic E-state index is 6.73. The normalized spacial score (nSPS) is 14.0. The third-order valence-electron chi connectivity index (χ3n) is 7.19. The predicted octanol–water partition coefficient (Wildman–Crippen LogP) is 8.39. The molecule has 1 aliphatic carbocycles. The zero-order valence-electron chi connectivity index (χ0n) is 21.2. The van der Waals surface area contributed by atoms with E-state index < -0.39 is 0 Å². The Bertz CT molecular complexity index is 1860. The lowest BCUT2D eigenvalue weighted by molar-refractivity contribution is 0.662. The van der Waals surface area contributed by atoms with Crippen LogP contribution in [0.25, 0.3) is 27.8 Å². The number of rotatable bonds is 7. The lowest BCUT2D eigenvalue weighted by Gasteiger charge is -2.14. The predicted molar refractivity (Wildman–Crippen MR) is 164 cm³/mol. The van der Waals surface area contributed by atoms with Gasteiger partial charge in [0.15, 0.2) is 5.01 Å². The van der Waals surface area contributed by atoms with Crippen molar-refractivity contribution in [2.45, 2.75) is 24.8 Å². The van der Waals surface area contributed by atoms with Crippen LogP contribution < -0.4 is 0 Å². The third-order valence-corrected chi connectivity index (χ3v) is 9.38. The van der Waals surface area contributed by atoms with Gasteiger partial charge in [-0.05, 0) is 73.0 Å².